The fraction of sp³-hybridized carbons (Fsp3) is 0.429. The Labute approximate surface area is 202 Å². The maximum absolute atomic E-state index is 13.2. The first-order valence-electron chi connectivity index (χ1n) is 12.0. The molecule has 2 aliphatic rings. The van der Waals surface area contributed by atoms with Gasteiger partial charge in [0, 0.05) is 23.8 Å². The molecule has 0 saturated carbocycles. The van der Waals surface area contributed by atoms with Crippen LogP contribution in [0, 0.1) is 0 Å². The van der Waals surface area contributed by atoms with Crippen LogP contribution in [0.3, 0.4) is 0 Å². The number of benzene rings is 2. The lowest BCUT2D eigenvalue weighted by atomic mass is 9.79. The molecular weight excluding hydrogens is 426 g/mol. The molecule has 0 bridgehead atoms. The van der Waals surface area contributed by atoms with Crippen molar-refractivity contribution in [1.82, 2.24) is 4.90 Å². The maximum Gasteiger partial charge on any atom is 0.266 e. The summed E-state index contributed by atoms with van der Waals surface area (Å²) in [5, 5.41) is 0.762. The highest BCUT2D eigenvalue weighted by atomic mass is 32.2. The molecule has 0 spiro atoms. The van der Waals surface area contributed by atoms with Gasteiger partial charge in [0.15, 0.2) is 5.17 Å². The van der Waals surface area contributed by atoms with E-state index in [4.69, 9.17) is 4.99 Å². The van der Waals surface area contributed by atoms with Gasteiger partial charge in [0.05, 0.1) is 10.6 Å². The van der Waals surface area contributed by atoms with Crippen LogP contribution < -0.4 is 4.90 Å². The second-order valence-electron chi connectivity index (χ2n) is 10.00. The smallest absolute Gasteiger partial charge is 0.266 e. The number of amidine groups is 1. The first-order chi connectivity index (χ1) is 15.7. The lowest BCUT2D eigenvalue weighted by Crippen LogP contribution is -2.51. The molecule has 0 aromatic heterocycles. The molecule has 174 valence electrons. The number of aliphatic imine (C=N–C) groups is 1. The minimum atomic E-state index is 0.0484. The normalized spacial score (nSPS) is 22.5. The van der Waals surface area contributed by atoms with Gasteiger partial charge in [-0.3, -0.25) is 9.69 Å². The second-order valence-corrected chi connectivity index (χ2v) is 11.0. The summed E-state index contributed by atoms with van der Waals surface area (Å²) in [6.45, 7) is 14.3. The van der Waals surface area contributed by atoms with E-state index in [0.29, 0.717) is 18.5 Å². The Bertz CT molecular complexity index is 1090. The molecule has 2 aromatic carbocycles. The van der Waals surface area contributed by atoms with E-state index in [0.717, 1.165) is 34.2 Å². The number of hydrogen-bond acceptors (Lipinski definition) is 4. The molecule has 1 fully saturated rings. The van der Waals surface area contributed by atoms with Crippen molar-refractivity contribution < 1.29 is 4.79 Å². The summed E-state index contributed by atoms with van der Waals surface area (Å²) in [7, 11) is 0. The molecule has 2 heterocycles. The van der Waals surface area contributed by atoms with Crippen LogP contribution in [-0.2, 0) is 4.79 Å². The third-order valence-electron chi connectivity index (χ3n) is 6.43. The monoisotopic (exact) mass is 461 g/mol. The van der Waals surface area contributed by atoms with E-state index in [-0.39, 0.29) is 11.4 Å². The SMILES string of the molecule is CCCN1C(=O)/C(=C/c2ccc3c(c2)[C@@H](C)CC(C)(C)N3C(C)C)SC1=Nc1ccccc1. The molecule has 2 aromatic rings. The third-order valence-corrected chi connectivity index (χ3v) is 7.44. The van der Waals surface area contributed by atoms with Gasteiger partial charge in [0.1, 0.15) is 0 Å². The highest BCUT2D eigenvalue weighted by Crippen LogP contribution is 2.45. The quantitative estimate of drug-likeness (QED) is 0.442. The molecule has 0 N–H and O–H groups in total. The standard InChI is InChI=1S/C28H35N3OS/c1-7-15-30-26(32)25(33-27(30)29-22-11-9-8-10-12-22)17-21-13-14-24-23(16-21)20(4)18-28(5,6)31(24)19(2)3/h8-14,16-17,19-20H,7,15,18H2,1-6H3/b25-17-,29-27?/t20-/m0/s1. The van der Waals surface area contributed by atoms with E-state index in [1.54, 1.807) is 0 Å². The fourth-order valence-corrected chi connectivity index (χ4v) is 6.34. The Morgan fingerprint density at radius 3 is 2.58 bits per heavy atom. The summed E-state index contributed by atoms with van der Waals surface area (Å²) in [4.78, 5) is 23.1. The predicted molar refractivity (Wildman–Crippen MR) is 142 cm³/mol. The first kappa shape index (κ1) is 23.6. The molecule has 4 nitrogen and oxygen atoms in total. The Morgan fingerprint density at radius 2 is 1.91 bits per heavy atom. The van der Waals surface area contributed by atoms with Crippen LogP contribution in [0.5, 0.6) is 0 Å². The zero-order chi connectivity index (χ0) is 23.8. The topological polar surface area (TPSA) is 35.9 Å². The van der Waals surface area contributed by atoms with Crippen LogP contribution in [0.1, 0.15) is 71.4 Å². The van der Waals surface area contributed by atoms with Gasteiger partial charge in [-0.05, 0) is 99.7 Å². The van der Waals surface area contributed by atoms with Gasteiger partial charge < -0.3 is 4.90 Å². The van der Waals surface area contributed by atoms with Crippen molar-refractivity contribution in [3.8, 4) is 0 Å². The molecule has 5 heteroatoms. The predicted octanol–water partition coefficient (Wildman–Crippen LogP) is 7.20. The molecule has 1 amide bonds. The molecule has 0 unspecified atom stereocenters. The Hall–Kier alpha value is -2.53. The number of fused-ring (bicyclic) bond motifs is 1. The van der Waals surface area contributed by atoms with Crippen molar-refractivity contribution in [2.75, 3.05) is 11.4 Å². The zero-order valence-corrected chi connectivity index (χ0v) is 21.4. The van der Waals surface area contributed by atoms with E-state index in [1.165, 1.54) is 23.0 Å². The number of rotatable bonds is 5. The van der Waals surface area contributed by atoms with Gasteiger partial charge in [0.2, 0.25) is 0 Å². The minimum absolute atomic E-state index is 0.0484. The molecule has 0 aliphatic carbocycles. The van der Waals surface area contributed by atoms with E-state index in [1.807, 2.05) is 41.3 Å². The van der Waals surface area contributed by atoms with Crippen molar-refractivity contribution in [2.45, 2.75) is 71.9 Å². The number of nitrogens with zero attached hydrogens (tertiary/aromatic N) is 3. The Kier molecular flexibility index (Phi) is 6.71. The second kappa shape index (κ2) is 9.38. The maximum atomic E-state index is 13.2. The Balaban J connectivity index is 1.69. The molecular formula is C28H35N3OS. The zero-order valence-electron chi connectivity index (χ0n) is 20.6. The van der Waals surface area contributed by atoms with Gasteiger partial charge >= 0.3 is 0 Å². The first-order valence-corrected chi connectivity index (χ1v) is 12.8. The molecule has 1 atom stereocenters. The number of amides is 1. The molecule has 33 heavy (non-hydrogen) atoms. The number of thioether (sulfide) groups is 1. The van der Waals surface area contributed by atoms with E-state index < -0.39 is 0 Å². The average Bonchev–Trinajstić information content (AvgIpc) is 3.03. The van der Waals surface area contributed by atoms with Crippen LogP contribution >= 0.6 is 11.8 Å². The summed E-state index contributed by atoms with van der Waals surface area (Å²) in [5.41, 5.74) is 4.77. The number of anilines is 1. The van der Waals surface area contributed by atoms with E-state index >= 15 is 0 Å². The Morgan fingerprint density at radius 1 is 1.18 bits per heavy atom. The minimum Gasteiger partial charge on any atom is -0.364 e. The fourth-order valence-electron chi connectivity index (χ4n) is 5.31. The number of hydrogen-bond donors (Lipinski definition) is 0. The van der Waals surface area contributed by atoms with Crippen LogP contribution in [0.25, 0.3) is 6.08 Å². The van der Waals surface area contributed by atoms with Crippen molar-refractivity contribution in [3.05, 3.63) is 64.6 Å². The largest absolute Gasteiger partial charge is 0.364 e. The summed E-state index contributed by atoms with van der Waals surface area (Å²) in [6, 6.07) is 17.0. The van der Waals surface area contributed by atoms with Gasteiger partial charge in [0.25, 0.3) is 5.91 Å². The van der Waals surface area contributed by atoms with Crippen molar-refractivity contribution >= 4 is 40.3 Å². The van der Waals surface area contributed by atoms with Gasteiger partial charge in [-0.25, -0.2) is 4.99 Å². The van der Waals surface area contributed by atoms with Crippen molar-refractivity contribution in [2.24, 2.45) is 4.99 Å². The van der Waals surface area contributed by atoms with Crippen LogP contribution in [0.4, 0.5) is 11.4 Å². The molecule has 2 aliphatic heterocycles. The van der Waals surface area contributed by atoms with Gasteiger partial charge in [-0.2, -0.15) is 0 Å². The average molecular weight is 462 g/mol. The van der Waals surface area contributed by atoms with Gasteiger partial charge in [-0.15, -0.1) is 0 Å². The van der Waals surface area contributed by atoms with Crippen LogP contribution in [0.2, 0.25) is 0 Å². The van der Waals surface area contributed by atoms with Crippen LogP contribution in [-0.4, -0.2) is 34.1 Å². The lowest BCUT2D eigenvalue weighted by Gasteiger charge is -2.50. The highest BCUT2D eigenvalue weighted by molar-refractivity contribution is 8.18. The molecule has 0 radical (unpaired) electrons. The summed E-state index contributed by atoms with van der Waals surface area (Å²) < 4.78 is 0. The molecule has 4 rings (SSSR count). The highest BCUT2D eigenvalue weighted by Gasteiger charge is 2.38. The molecule has 1 saturated heterocycles. The number of para-hydroxylation sites is 1. The summed E-state index contributed by atoms with van der Waals surface area (Å²) in [6.07, 6.45) is 4.05. The van der Waals surface area contributed by atoms with Crippen LogP contribution in [0.15, 0.2) is 58.4 Å². The third kappa shape index (κ3) is 4.74. The van der Waals surface area contributed by atoms with E-state index in [9.17, 15) is 4.79 Å². The van der Waals surface area contributed by atoms with Gasteiger partial charge in [-0.1, -0.05) is 38.1 Å². The number of carbonyl (C=O) groups is 1. The van der Waals surface area contributed by atoms with E-state index in [2.05, 4.69) is 64.6 Å². The summed E-state index contributed by atoms with van der Waals surface area (Å²) in [5.74, 6) is 0.523. The lowest BCUT2D eigenvalue weighted by molar-refractivity contribution is -0.122. The number of carbonyl (C=O) groups excluding carboxylic acids is 1. The van der Waals surface area contributed by atoms with Crippen molar-refractivity contribution in [3.63, 3.8) is 0 Å². The summed E-state index contributed by atoms with van der Waals surface area (Å²) >= 11 is 1.48. The van der Waals surface area contributed by atoms with Crippen molar-refractivity contribution in [1.29, 1.82) is 0 Å².